The second-order valence-corrected chi connectivity index (χ2v) is 10.9. The first-order chi connectivity index (χ1) is 14.1. The molecule has 0 bridgehead atoms. The first kappa shape index (κ1) is 22.4. The molecule has 1 aliphatic rings. The molecule has 30 heavy (non-hydrogen) atoms. The summed E-state index contributed by atoms with van der Waals surface area (Å²) in [4.78, 5) is 12.7. The molecule has 3 rings (SSSR count). The van der Waals surface area contributed by atoms with Crippen LogP contribution in [0.15, 0.2) is 58.3 Å². The van der Waals surface area contributed by atoms with Gasteiger partial charge in [-0.2, -0.15) is 4.31 Å². The Labute approximate surface area is 176 Å². The minimum absolute atomic E-state index is 0.0849. The zero-order valence-electron chi connectivity index (χ0n) is 16.6. The Morgan fingerprint density at radius 3 is 1.97 bits per heavy atom. The minimum atomic E-state index is -3.61. The van der Waals surface area contributed by atoms with Crippen LogP contribution in [-0.4, -0.2) is 71.8 Å². The van der Waals surface area contributed by atoms with E-state index in [1.54, 1.807) is 0 Å². The number of carbonyl (C=O) groups is 1. The molecule has 1 saturated heterocycles. The maximum atomic E-state index is 12.6. The van der Waals surface area contributed by atoms with Crippen molar-refractivity contribution in [2.24, 2.45) is 0 Å². The number of rotatable bonds is 6. The van der Waals surface area contributed by atoms with E-state index in [1.165, 1.54) is 66.9 Å². The van der Waals surface area contributed by atoms with E-state index in [4.69, 9.17) is 4.74 Å². The molecule has 162 valence electrons. The highest BCUT2D eigenvalue weighted by atomic mass is 32.2. The van der Waals surface area contributed by atoms with Crippen LogP contribution in [0.5, 0.6) is 0 Å². The van der Waals surface area contributed by atoms with E-state index in [2.05, 4.69) is 5.32 Å². The summed E-state index contributed by atoms with van der Waals surface area (Å²) < 4.78 is 57.1. The van der Waals surface area contributed by atoms with E-state index in [1.807, 2.05) is 0 Å². The van der Waals surface area contributed by atoms with Gasteiger partial charge in [-0.1, -0.05) is 0 Å². The van der Waals surface area contributed by atoms with Crippen molar-refractivity contribution >= 4 is 31.6 Å². The smallest absolute Gasteiger partial charge is 0.255 e. The molecule has 9 nitrogen and oxygen atoms in total. The van der Waals surface area contributed by atoms with Crippen molar-refractivity contribution < 1.29 is 26.4 Å². The average molecular weight is 454 g/mol. The second-order valence-electron chi connectivity index (χ2n) is 6.81. The zero-order chi connectivity index (χ0) is 21.9. The van der Waals surface area contributed by atoms with Gasteiger partial charge in [-0.25, -0.2) is 21.1 Å². The van der Waals surface area contributed by atoms with Crippen molar-refractivity contribution in [1.82, 2.24) is 8.61 Å². The summed E-state index contributed by atoms with van der Waals surface area (Å²) in [6.07, 6.45) is 0. The van der Waals surface area contributed by atoms with Crippen LogP contribution in [0.4, 0.5) is 5.69 Å². The Bertz CT molecular complexity index is 1110. The van der Waals surface area contributed by atoms with Crippen molar-refractivity contribution in [2.75, 3.05) is 45.7 Å². The van der Waals surface area contributed by atoms with Gasteiger partial charge in [-0.3, -0.25) is 4.79 Å². The molecule has 1 aliphatic heterocycles. The number of anilines is 1. The largest absolute Gasteiger partial charge is 0.379 e. The van der Waals surface area contributed by atoms with Gasteiger partial charge in [0.15, 0.2) is 0 Å². The van der Waals surface area contributed by atoms with Crippen LogP contribution >= 0.6 is 0 Å². The normalized spacial score (nSPS) is 15.8. The van der Waals surface area contributed by atoms with Gasteiger partial charge in [0.25, 0.3) is 5.91 Å². The molecular weight excluding hydrogens is 430 g/mol. The quantitative estimate of drug-likeness (QED) is 0.703. The minimum Gasteiger partial charge on any atom is -0.379 e. The Morgan fingerprint density at radius 2 is 1.43 bits per heavy atom. The third kappa shape index (κ3) is 4.71. The van der Waals surface area contributed by atoms with Crippen molar-refractivity contribution in [3.63, 3.8) is 0 Å². The second kappa shape index (κ2) is 8.82. The highest BCUT2D eigenvalue weighted by Gasteiger charge is 2.26. The van der Waals surface area contributed by atoms with Gasteiger partial charge in [0.2, 0.25) is 20.0 Å². The van der Waals surface area contributed by atoms with Crippen molar-refractivity contribution in [3.05, 3.63) is 54.1 Å². The first-order valence-electron chi connectivity index (χ1n) is 9.14. The molecule has 0 atom stereocenters. The number of hydrogen-bond acceptors (Lipinski definition) is 6. The molecule has 11 heteroatoms. The van der Waals surface area contributed by atoms with Gasteiger partial charge >= 0.3 is 0 Å². The summed E-state index contributed by atoms with van der Waals surface area (Å²) in [7, 11) is -4.32. The molecule has 0 spiro atoms. The maximum Gasteiger partial charge on any atom is 0.255 e. The fourth-order valence-corrected chi connectivity index (χ4v) is 5.15. The highest BCUT2D eigenvalue weighted by molar-refractivity contribution is 7.89. The van der Waals surface area contributed by atoms with Gasteiger partial charge in [0.1, 0.15) is 0 Å². The molecule has 1 fully saturated rings. The fourth-order valence-electron chi connectivity index (χ4n) is 2.84. The van der Waals surface area contributed by atoms with Crippen molar-refractivity contribution in [1.29, 1.82) is 0 Å². The number of amides is 1. The van der Waals surface area contributed by atoms with Crippen LogP contribution in [0.1, 0.15) is 10.4 Å². The Hall–Kier alpha value is -2.31. The fraction of sp³-hybridized carbons (Fsp3) is 0.316. The van der Waals surface area contributed by atoms with E-state index in [-0.39, 0.29) is 15.4 Å². The van der Waals surface area contributed by atoms with Gasteiger partial charge < -0.3 is 10.1 Å². The van der Waals surface area contributed by atoms with E-state index in [0.29, 0.717) is 32.0 Å². The number of nitrogens with one attached hydrogen (secondary N) is 1. The molecular formula is C19H23N3O6S2. The van der Waals surface area contributed by atoms with Crippen LogP contribution in [0, 0.1) is 0 Å². The highest BCUT2D eigenvalue weighted by Crippen LogP contribution is 2.20. The number of sulfonamides is 2. The van der Waals surface area contributed by atoms with Gasteiger partial charge in [-0.05, 0) is 48.5 Å². The molecule has 2 aromatic carbocycles. The predicted molar refractivity (Wildman–Crippen MR) is 111 cm³/mol. The van der Waals surface area contributed by atoms with Gasteiger partial charge in [0, 0.05) is 38.4 Å². The van der Waals surface area contributed by atoms with E-state index in [0.717, 1.165) is 4.31 Å². The summed E-state index contributed by atoms with van der Waals surface area (Å²) in [5.74, 6) is -0.437. The summed E-state index contributed by atoms with van der Waals surface area (Å²) in [6.45, 7) is 1.34. The van der Waals surface area contributed by atoms with E-state index >= 15 is 0 Å². The number of hydrogen-bond donors (Lipinski definition) is 1. The van der Waals surface area contributed by atoms with E-state index < -0.39 is 26.0 Å². The molecule has 2 aromatic rings. The number of nitrogens with zero attached hydrogens (tertiary/aromatic N) is 2. The van der Waals surface area contributed by atoms with Crippen LogP contribution < -0.4 is 5.32 Å². The number of carbonyl (C=O) groups excluding carboxylic acids is 1. The summed E-state index contributed by atoms with van der Waals surface area (Å²) in [5, 5.41) is 2.67. The Morgan fingerprint density at radius 1 is 0.900 bits per heavy atom. The molecule has 1 N–H and O–H groups in total. The lowest BCUT2D eigenvalue weighted by Crippen LogP contribution is -2.40. The first-order valence-corrected chi connectivity index (χ1v) is 12.0. The molecule has 1 amide bonds. The van der Waals surface area contributed by atoms with Crippen LogP contribution in [0.2, 0.25) is 0 Å². The van der Waals surface area contributed by atoms with Gasteiger partial charge in [0.05, 0.1) is 23.0 Å². The summed E-state index contributed by atoms with van der Waals surface area (Å²) in [6, 6.07) is 11.5. The van der Waals surface area contributed by atoms with Crippen LogP contribution in [-0.2, 0) is 24.8 Å². The maximum absolute atomic E-state index is 12.6. The average Bonchev–Trinajstić information content (AvgIpc) is 2.74. The zero-order valence-corrected chi connectivity index (χ0v) is 18.2. The molecule has 0 aliphatic carbocycles. The summed E-state index contributed by atoms with van der Waals surface area (Å²) in [5.41, 5.74) is 0.698. The lowest BCUT2D eigenvalue weighted by atomic mass is 10.2. The Balaban J connectivity index is 1.70. The third-order valence-corrected chi connectivity index (χ3v) is 8.36. The molecule has 0 saturated carbocycles. The predicted octanol–water partition coefficient (Wildman–Crippen LogP) is 1.21. The topological polar surface area (TPSA) is 113 Å². The SMILES string of the molecule is CN(C)S(=O)(=O)c1ccc(C(=O)Nc2ccc(S(=O)(=O)N3CCOCC3)cc2)cc1. The Kier molecular flexibility index (Phi) is 6.58. The number of ether oxygens (including phenoxy) is 1. The summed E-state index contributed by atoms with van der Waals surface area (Å²) >= 11 is 0. The molecule has 0 radical (unpaired) electrons. The molecule has 0 unspecified atom stereocenters. The van der Waals surface area contributed by atoms with Crippen LogP contribution in [0.25, 0.3) is 0 Å². The lowest BCUT2D eigenvalue weighted by molar-refractivity contribution is 0.0730. The third-order valence-electron chi connectivity index (χ3n) is 4.62. The van der Waals surface area contributed by atoms with Crippen molar-refractivity contribution in [3.8, 4) is 0 Å². The monoisotopic (exact) mass is 453 g/mol. The molecule has 1 heterocycles. The number of benzene rings is 2. The van der Waals surface area contributed by atoms with Crippen molar-refractivity contribution in [2.45, 2.75) is 9.79 Å². The van der Waals surface area contributed by atoms with E-state index in [9.17, 15) is 21.6 Å². The van der Waals surface area contributed by atoms with Crippen LogP contribution in [0.3, 0.4) is 0 Å². The van der Waals surface area contributed by atoms with Gasteiger partial charge in [-0.15, -0.1) is 0 Å². The lowest BCUT2D eigenvalue weighted by Gasteiger charge is -2.26. The standard InChI is InChI=1S/C19H23N3O6S2/c1-21(2)29(24,25)17-7-3-15(4-8-17)19(23)20-16-5-9-18(10-6-16)30(26,27)22-11-13-28-14-12-22/h3-10H,11-14H2,1-2H3,(H,20,23). The molecule has 0 aromatic heterocycles. The number of morpholine rings is 1.